The number of aliphatic carboxylic acids is 1. The number of carboxylic acids is 1. The second-order valence-corrected chi connectivity index (χ2v) is 5.55. The molecule has 0 amide bonds. The predicted octanol–water partition coefficient (Wildman–Crippen LogP) is 1.24. The van der Waals surface area contributed by atoms with Crippen molar-refractivity contribution < 1.29 is 22.5 Å². The van der Waals surface area contributed by atoms with Gasteiger partial charge in [0.2, 0.25) is 0 Å². The van der Waals surface area contributed by atoms with Crippen molar-refractivity contribution in [2.75, 3.05) is 12.4 Å². The van der Waals surface area contributed by atoms with Gasteiger partial charge in [-0.05, 0) is 18.8 Å². The van der Waals surface area contributed by atoms with Gasteiger partial charge < -0.3 is 5.11 Å². The van der Waals surface area contributed by atoms with Crippen LogP contribution in [0.4, 0.5) is 0 Å². The molecule has 1 N–H and O–H groups in total. The van der Waals surface area contributed by atoms with E-state index >= 15 is 0 Å². The van der Waals surface area contributed by atoms with Gasteiger partial charge in [-0.25, -0.2) is 0 Å². The maximum Gasteiger partial charge on any atom is 0.303 e. The molecule has 0 heterocycles. The van der Waals surface area contributed by atoms with Gasteiger partial charge in [0.15, 0.2) is 0 Å². The number of rotatable bonds is 8. The minimum Gasteiger partial charge on any atom is -0.481 e. The van der Waals surface area contributed by atoms with Crippen LogP contribution >= 0.6 is 0 Å². The Balaban J connectivity index is 3.70. The Bertz CT molecular complexity index is 281. The van der Waals surface area contributed by atoms with E-state index in [1.54, 1.807) is 0 Å². The van der Waals surface area contributed by atoms with Crippen molar-refractivity contribution in [1.82, 2.24) is 0 Å². The van der Waals surface area contributed by atoms with Crippen LogP contribution in [0.25, 0.3) is 0 Å². The first-order valence-corrected chi connectivity index (χ1v) is 6.50. The van der Waals surface area contributed by atoms with Gasteiger partial charge in [0.05, 0.1) is 12.4 Å². The van der Waals surface area contributed by atoms with E-state index in [1.165, 1.54) is 0 Å². The number of hydrogen-bond acceptors (Lipinski definition) is 4. The minimum atomic E-state index is -3.47. The lowest BCUT2D eigenvalue weighted by Crippen LogP contribution is -2.14. The lowest BCUT2D eigenvalue weighted by atomic mass is 10.2. The highest BCUT2D eigenvalue weighted by molar-refractivity contribution is 7.86. The molecule has 0 fully saturated rings. The molecule has 0 unspecified atom stereocenters. The predicted molar refractivity (Wildman–Crippen MR) is 56.1 cm³/mol. The fraction of sp³-hybridized carbons (Fsp3) is 0.889. The molecule has 0 spiro atoms. The van der Waals surface area contributed by atoms with E-state index in [2.05, 4.69) is 0 Å². The van der Waals surface area contributed by atoms with Gasteiger partial charge in [0.1, 0.15) is 0 Å². The fourth-order valence-electron chi connectivity index (χ4n) is 0.854. The maximum atomic E-state index is 11.2. The quantitative estimate of drug-likeness (QED) is 0.508. The normalized spacial score (nSPS) is 11.9. The smallest absolute Gasteiger partial charge is 0.303 e. The molecule has 0 atom stereocenters. The van der Waals surface area contributed by atoms with E-state index in [9.17, 15) is 13.2 Å². The van der Waals surface area contributed by atoms with Crippen LogP contribution in [0.3, 0.4) is 0 Å². The molecule has 0 saturated carbocycles. The molecule has 0 bridgehead atoms. The largest absolute Gasteiger partial charge is 0.481 e. The van der Waals surface area contributed by atoms with Crippen molar-refractivity contribution in [3.63, 3.8) is 0 Å². The number of carboxylic acid groups (broad SMARTS) is 1. The Hall–Kier alpha value is -0.620. The lowest BCUT2D eigenvalue weighted by molar-refractivity contribution is -0.137. The van der Waals surface area contributed by atoms with E-state index in [4.69, 9.17) is 9.29 Å². The van der Waals surface area contributed by atoms with E-state index < -0.39 is 16.1 Å². The van der Waals surface area contributed by atoms with Crippen LogP contribution in [0.2, 0.25) is 0 Å². The van der Waals surface area contributed by atoms with Gasteiger partial charge in [-0.2, -0.15) is 8.42 Å². The van der Waals surface area contributed by atoms with Crippen molar-refractivity contribution >= 4 is 16.1 Å². The third kappa shape index (κ3) is 9.68. The molecule has 0 aromatic rings. The molecular weight excluding hydrogens is 220 g/mol. The van der Waals surface area contributed by atoms with Crippen LogP contribution in [0.5, 0.6) is 0 Å². The van der Waals surface area contributed by atoms with Gasteiger partial charge in [0.25, 0.3) is 10.1 Å². The molecular formula is C9H18O5S. The van der Waals surface area contributed by atoms with Crippen LogP contribution in [-0.4, -0.2) is 31.9 Å². The SMILES string of the molecule is CC(C)COS(=O)(=O)CCCCC(=O)O. The second-order valence-electron chi connectivity index (χ2n) is 3.79. The first kappa shape index (κ1) is 14.4. The monoisotopic (exact) mass is 238 g/mol. The highest BCUT2D eigenvalue weighted by Crippen LogP contribution is 2.04. The summed E-state index contributed by atoms with van der Waals surface area (Å²) in [5, 5.41) is 8.34. The molecule has 15 heavy (non-hydrogen) atoms. The maximum absolute atomic E-state index is 11.2. The molecule has 0 aliphatic rings. The summed E-state index contributed by atoms with van der Waals surface area (Å²) in [5.74, 6) is -0.846. The highest BCUT2D eigenvalue weighted by atomic mass is 32.2. The average molecular weight is 238 g/mol. The summed E-state index contributed by atoms with van der Waals surface area (Å²) >= 11 is 0. The molecule has 90 valence electrons. The summed E-state index contributed by atoms with van der Waals surface area (Å²) in [7, 11) is -3.47. The molecule has 5 nitrogen and oxygen atoms in total. The number of carbonyl (C=O) groups is 1. The Morgan fingerprint density at radius 2 is 1.93 bits per heavy atom. The van der Waals surface area contributed by atoms with E-state index in [0.717, 1.165) is 0 Å². The van der Waals surface area contributed by atoms with Gasteiger partial charge in [-0.15, -0.1) is 0 Å². The van der Waals surface area contributed by atoms with E-state index in [1.807, 2.05) is 13.8 Å². The number of unbranched alkanes of at least 4 members (excludes halogenated alkanes) is 1. The van der Waals surface area contributed by atoms with E-state index in [0.29, 0.717) is 12.8 Å². The zero-order chi connectivity index (χ0) is 11.9. The topological polar surface area (TPSA) is 80.7 Å². The fourth-order valence-corrected chi connectivity index (χ4v) is 2.01. The minimum absolute atomic E-state index is 0.000297. The standard InChI is InChI=1S/C9H18O5S/c1-8(2)7-14-15(12,13)6-4-3-5-9(10)11/h8H,3-7H2,1-2H3,(H,10,11). The second kappa shape index (κ2) is 6.79. The lowest BCUT2D eigenvalue weighted by Gasteiger charge is -2.06. The van der Waals surface area contributed by atoms with Gasteiger partial charge in [-0.3, -0.25) is 8.98 Å². The molecule has 0 rings (SSSR count). The van der Waals surface area contributed by atoms with Crippen LogP contribution in [-0.2, 0) is 19.1 Å². The van der Waals surface area contributed by atoms with E-state index in [-0.39, 0.29) is 24.7 Å². The van der Waals surface area contributed by atoms with Crippen LogP contribution < -0.4 is 0 Å². The summed E-state index contributed by atoms with van der Waals surface area (Å²) in [5.41, 5.74) is 0. The van der Waals surface area contributed by atoms with Crippen LogP contribution in [0, 0.1) is 5.92 Å². The van der Waals surface area contributed by atoms with Crippen molar-refractivity contribution in [3.8, 4) is 0 Å². The molecule has 0 aliphatic carbocycles. The molecule has 0 aliphatic heterocycles. The third-order valence-corrected chi connectivity index (χ3v) is 2.90. The van der Waals surface area contributed by atoms with Gasteiger partial charge >= 0.3 is 5.97 Å². The highest BCUT2D eigenvalue weighted by Gasteiger charge is 2.11. The van der Waals surface area contributed by atoms with Crippen molar-refractivity contribution in [2.24, 2.45) is 5.92 Å². The van der Waals surface area contributed by atoms with Crippen molar-refractivity contribution in [2.45, 2.75) is 33.1 Å². The molecule has 0 radical (unpaired) electrons. The van der Waals surface area contributed by atoms with Crippen molar-refractivity contribution in [3.05, 3.63) is 0 Å². The zero-order valence-electron chi connectivity index (χ0n) is 9.10. The average Bonchev–Trinajstić information content (AvgIpc) is 2.09. The first-order valence-electron chi connectivity index (χ1n) is 4.92. The first-order chi connectivity index (χ1) is 6.83. The summed E-state index contributed by atoms with van der Waals surface area (Å²) in [6.07, 6.45) is 0.687. The molecule has 0 saturated heterocycles. The zero-order valence-corrected chi connectivity index (χ0v) is 9.92. The number of hydrogen-bond donors (Lipinski definition) is 1. The Kier molecular flexibility index (Phi) is 6.51. The Morgan fingerprint density at radius 1 is 1.33 bits per heavy atom. The molecule has 0 aromatic heterocycles. The van der Waals surface area contributed by atoms with Gasteiger partial charge in [-0.1, -0.05) is 13.8 Å². The summed E-state index contributed by atoms with van der Waals surface area (Å²) in [4.78, 5) is 10.2. The molecule has 0 aromatic carbocycles. The summed E-state index contributed by atoms with van der Waals surface area (Å²) < 4.78 is 27.1. The third-order valence-electron chi connectivity index (χ3n) is 1.62. The Morgan fingerprint density at radius 3 is 2.40 bits per heavy atom. The summed E-state index contributed by atoms with van der Waals surface area (Å²) in [6.45, 7) is 3.90. The van der Waals surface area contributed by atoms with Crippen LogP contribution in [0.15, 0.2) is 0 Å². The summed E-state index contributed by atoms with van der Waals surface area (Å²) in [6, 6.07) is 0. The van der Waals surface area contributed by atoms with Crippen molar-refractivity contribution in [1.29, 1.82) is 0 Å². The van der Waals surface area contributed by atoms with Gasteiger partial charge in [0, 0.05) is 6.42 Å². The Labute approximate surface area is 90.6 Å². The molecule has 6 heteroatoms. The van der Waals surface area contributed by atoms with Crippen LogP contribution in [0.1, 0.15) is 33.1 Å².